The summed E-state index contributed by atoms with van der Waals surface area (Å²) in [6.45, 7) is 11.2. The topological polar surface area (TPSA) is 6.48 Å². The number of hydrogen-bond acceptors (Lipinski definition) is 3. The fourth-order valence-electron chi connectivity index (χ4n) is 9.19. The van der Waals surface area contributed by atoms with E-state index in [4.69, 9.17) is 0 Å². The molecule has 2 nitrogen and oxygen atoms in total. The fraction of sp³-hybridized carbons (Fsp3) is 0.100. The quantitative estimate of drug-likeness (QED) is 0.136. The summed E-state index contributed by atoms with van der Waals surface area (Å²) in [5.74, 6) is 0. The average molecular weight is 831 g/mol. The predicted octanol–water partition coefficient (Wildman–Crippen LogP) is 17.3. The molecule has 0 saturated heterocycles. The lowest BCUT2D eigenvalue weighted by atomic mass is 9.81. The van der Waals surface area contributed by atoms with Crippen LogP contribution in [0.1, 0.15) is 41.7 Å². The second-order valence-corrected chi connectivity index (χ2v) is 18.5. The zero-order chi connectivity index (χ0) is 43.1. The van der Waals surface area contributed by atoms with Crippen LogP contribution in [0, 0.1) is 20.8 Å². The first-order chi connectivity index (χ1) is 30.7. The first-order valence-corrected chi connectivity index (χ1v) is 22.6. The highest BCUT2D eigenvalue weighted by molar-refractivity contribution is 7.99. The van der Waals surface area contributed by atoms with Gasteiger partial charge in [0.15, 0.2) is 0 Å². The molecule has 306 valence electrons. The summed E-state index contributed by atoms with van der Waals surface area (Å²) < 4.78 is 0. The summed E-state index contributed by atoms with van der Waals surface area (Å²) in [5, 5.41) is 0. The van der Waals surface area contributed by atoms with Gasteiger partial charge in [0.25, 0.3) is 0 Å². The molecular weight excluding hydrogens is 781 g/mol. The molecule has 0 heterocycles. The number of nitrogens with zero attached hydrogens (tertiary/aromatic N) is 2. The van der Waals surface area contributed by atoms with Gasteiger partial charge in [-0.25, -0.2) is 0 Å². The molecule has 9 aromatic rings. The molecule has 0 saturated carbocycles. The van der Waals surface area contributed by atoms with E-state index in [-0.39, 0.29) is 5.41 Å². The second kappa shape index (κ2) is 16.7. The third-order valence-corrected chi connectivity index (χ3v) is 13.5. The molecule has 0 bridgehead atoms. The first kappa shape index (κ1) is 40.0. The lowest BCUT2D eigenvalue weighted by Gasteiger charge is -2.26. The van der Waals surface area contributed by atoms with Crippen molar-refractivity contribution in [3.63, 3.8) is 0 Å². The van der Waals surface area contributed by atoms with Crippen LogP contribution >= 0.6 is 11.8 Å². The van der Waals surface area contributed by atoms with E-state index in [1.54, 1.807) is 11.8 Å². The van der Waals surface area contributed by atoms with Crippen molar-refractivity contribution in [2.24, 2.45) is 0 Å². The van der Waals surface area contributed by atoms with Crippen molar-refractivity contribution >= 4 is 45.9 Å². The monoisotopic (exact) mass is 830 g/mol. The van der Waals surface area contributed by atoms with Crippen molar-refractivity contribution in [2.75, 3.05) is 9.80 Å². The van der Waals surface area contributed by atoms with Gasteiger partial charge in [0.2, 0.25) is 0 Å². The van der Waals surface area contributed by atoms with E-state index in [1.807, 2.05) is 0 Å². The van der Waals surface area contributed by atoms with Gasteiger partial charge >= 0.3 is 0 Å². The van der Waals surface area contributed by atoms with E-state index >= 15 is 0 Å². The standard InChI is InChI=1S/C60H50N2S/c1-41-12-9-17-51(36-41)61(48-15-7-6-8-16-48)50-28-32-55(33-29-50)63-54-30-22-45(23-31-54)47-25-35-57-56-34-24-46(39-58(56)60(4,5)59(57)40-47)44-20-26-49(27-21-44)62(52-18-10-13-42(2)37-52)53-19-11-14-43(3)38-53/h6-40H,1-5H3. The molecule has 0 unspecified atom stereocenters. The summed E-state index contributed by atoms with van der Waals surface area (Å²) >= 11 is 1.80. The maximum absolute atomic E-state index is 2.42. The van der Waals surface area contributed by atoms with Crippen molar-refractivity contribution in [2.45, 2.75) is 49.8 Å². The normalized spacial score (nSPS) is 12.4. The van der Waals surface area contributed by atoms with E-state index in [9.17, 15) is 0 Å². The van der Waals surface area contributed by atoms with Crippen LogP contribution in [0.15, 0.2) is 222 Å². The van der Waals surface area contributed by atoms with E-state index in [1.165, 1.54) is 71.0 Å². The van der Waals surface area contributed by atoms with Gasteiger partial charge in [-0.3, -0.25) is 0 Å². The number of fused-ring (bicyclic) bond motifs is 3. The molecule has 0 atom stereocenters. The molecule has 1 aliphatic carbocycles. The molecule has 0 aromatic heterocycles. The Kier molecular flexibility index (Phi) is 10.6. The van der Waals surface area contributed by atoms with Gasteiger partial charge in [-0.2, -0.15) is 0 Å². The number of benzene rings is 9. The van der Waals surface area contributed by atoms with Crippen LogP contribution in [-0.4, -0.2) is 0 Å². The van der Waals surface area contributed by atoms with Crippen molar-refractivity contribution in [1.29, 1.82) is 0 Å². The fourth-order valence-corrected chi connectivity index (χ4v) is 10.0. The average Bonchev–Trinajstić information content (AvgIpc) is 3.53. The molecule has 0 N–H and O–H groups in total. The summed E-state index contributed by atoms with van der Waals surface area (Å²) in [7, 11) is 0. The number of aryl methyl sites for hydroxylation is 3. The summed E-state index contributed by atoms with van der Waals surface area (Å²) in [4.78, 5) is 7.10. The van der Waals surface area contributed by atoms with Crippen molar-refractivity contribution < 1.29 is 0 Å². The van der Waals surface area contributed by atoms with Gasteiger partial charge < -0.3 is 9.80 Å². The minimum atomic E-state index is -0.138. The Morgan fingerprint density at radius 2 is 0.667 bits per heavy atom. The summed E-state index contributed by atoms with van der Waals surface area (Å²) in [6, 6.07) is 77.8. The highest BCUT2D eigenvalue weighted by Gasteiger charge is 2.36. The van der Waals surface area contributed by atoms with Gasteiger partial charge in [-0.05, 0) is 191 Å². The van der Waals surface area contributed by atoms with Crippen molar-refractivity contribution in [1.82, 2.24) is 0 Å². The van der Waals surface area contributed by atoms with Gasteiger partial charge in [0, 0.05) is 49.3 Å². The molecule has 0 fully saturated rings. The maximum Gasteiger partial charge on any atom is 0.0464 e. The van der Waals surface area contributed by atoms with Crippen LogP contribution in [0.25, 0.3) is 33.4 Å². The van der Waals surface area contributed by atoms with Gasteiger partial charge in [0.05, 0.1) is 0 Å². The van der Waals surface area contributed by atoms with Crippen molar-refractivity contribution in [3.05, 3.63) is 240 Å². The maximum atomic E-state index is 2.42. The smallest absolute Gasteiger partial charge is 0.0464 e. The third-order valence-electron chi connectivity index (χ3n) is 12.4. The van der Waals surface area contributed by atoms with Crippen LogP contribution in [0.4, 0.5) is 34.1 Å². The van der Waals surface area contributed by atoms with Crippen LogP contribution in [0.3, 0.4) is 0 Å². The van der Waals surface area contributed by atoms with E-state index < -0.39 is 0 Å². The molecular formula is C60H50N2S. The minimum Gasteiger partial charge on any atom is -0.310 e. The summed E-state index contributed by atoms with van der Waals surface area (Å²) in [6.07, 6.45) is 0. The number of para-hydroxylation sites is 1. The second-order valence-electron chi connectivity index (χ2n) is 17.3. The Hall–Kier alpha value is -7.07. The molecule has 63 heavy (non-hydrogen) atoms. The molecule has 10 rings (SSSR count). The Morgan fingerprint density at radius 1 is 0.317 bits per heavy atom. The van der Waals surface area contributed by atoms with E-state index in [2.05, 4.69) is 257 Å². The number of anilines is 6. The molecule has 9 aromatic carbocycles. The highest BCUT2D eigenvalue weighted by atomic mass is 32.2. The Labute approximate surface area is 377 Å². The Bertz CT molecular complexity index is 3030. The van der Waals surface area contributed by atoms with Gasteiger partial charge in [0.1, 0.15) is 0 Å². The Balaban J connectivity index is 0.865. The number of hydrogen-bond donors (Lipinski definition) is 0. The molecule has 0 radical (unpaired) electrons. The minimum absolute atomic E-state index is 0.138. The highest BCUT2D eigenvalue weighted by Crippen LogP contribution is 2.51. The molecule has 0 spiro atoms. The summed E-state index contributed by atoms with van der Waals surface area (Å²) in [5.41, 5.74) is 20.8. The van der Waals surface area contributed by atoms with Crippen LogP contribution in [-0.2, 0) is 5.41 Å². The molecule has 3 heteroatoms. The SMILES string of the molecule is Cc1cccc(N(c2ccccc2)c2ccc(Sc3ccc(-c4ccc5c(c4)C(C)(C)c4cc(-c6ccc(N(c7cccc(C)c7)c7cccc(C)c7)cc6)ccc4-5)cc3)cc2)c1. The zero-order valence-corrected chi connectivity index (χ0v) is 37.3. The van der Waals surface area contributed by atoms with Crippen LogP contribution in [0.5, 0.6) is 0 Å². The van der Waals surface area contributed by atoms with Gasteiger partial charge in [-0.15, -0.1) is 0 Å². The van der Waals surface area contributed by atoms with Crippen molar-refractivity contribution in [3.8, 4) is 33.4 Å². The van der Waals surface area contributed by atoms with Crippen LogP contribution < -0.4 is 9.80 Å². The van der Waals surface area contributed by atoms with E-state index in [0.717, 1.165) is 34.1 Å². The third kappa shape index (κ3) is 7.97. The Morgan fingerprint density at radius 3 is 1.11 bits per heavy atom. The predicted molar refractivity (Wildman–Crippen MR) is 269 cm³/mol. The molecule has 0 aliphatic heterocycles. The zero-order valence-electron chi connectivity index (χ0n) is 36.5. The largest absolute Gasteiger partial charge is 0.310 e. The lowest BCUT2D eigenvalue weighted by molar-refractivity contribution is 0.661. The first-order valence-electron chi connectivity index (χ1n) is 21.8. The number of rotatable bonds is 10. The van der Waals surface area contributed by atoms with E-state index in [0.29, 0.717) is 0 Å². The van der Waals surface area contributed by atoms with Crippen LogP contribution in [0.2, 0.25) is 0 Å². The lowest BCUT2D eigenvalue weighted by Crippen LogP contribution is -2.15. The molecule has 0 amide bonds. The molecule has 1 aliphatic rings. The van der Waals surface area contributed by atoms with Gasteiger partial charge in [-0.1, -0.05) is 129 Å².